The summed E-state index contributed by atoms with van der Waals surface area (Å²) >= 11 is 5.92. The molecule has 1 saturated heterocycles. The van der Waals surface area contributed by atoms with E-state index in [1.54, 1.807) is 0 Å². The third-order valence-electron chi connectivity index (χ3n) is 4.31. The largest absolute Gasteiger partial charge is 0.319 e. The van der Waals surface area contributed by atoms with Gasteiger partial charge < -0.3 is 5.32 Å². The second kappa shape index (κ2) is 7.86. The van der Waals surface area contributed by atoms with Crippen molar-refractivity contribution in [2.45, 2.75) is 19.4 Å². The highest BCUT2D eigenvalue weighted by atomic mass is 35.5. The van der Waals surface area contributed by atoms with Crippen LogP contribution in [0.5, 0.6) is 0 Å². The Kier molecular flexibility index (Phi) is 5.60. The lowest BCUT2D eigenvalue weighted by Crippen LogP contribution is -2.38. The quantitative estimate of drug-likeness (QED) is 0.914. The molecule has 1 aromatic heterocycles. The number of likely N-dealkylation sites (tertiary alicyclic amines) is 1. The van der Waals surface area contributed by atoms with Crippen LogP contribution >= 0.6 is 11.6 Å². The van der Waals surface area contributed by atoms with Crippen LogP contribution in [-0.2, 0) is 6.54 Å². The summed E-state index contributed by atoms with van der Waals surface area (Å²) in [7, 11) is 2.03. The van der Waals surface area contributed by atoms with E-state index in [2.05, 4.69) is 20.2 Å². The van der Waals surface area contributed by atoms with Gasteiger partial charge in [0.1, 0.15) is 0 Å². The first kappa shape index (κ1) is 16.4. The standard InChI is InChI=1S/C18H23ClN4/c1-20-9-14-3-2-8-23(12-14)13-15-10-21-18(22-11-15)16-4-6-17(19)7-5-16/h4-7,10-11,14,20H,2-3,8-9,12-13H2,1H3/t14-/m1/s1. The van der Waals surface area contributed by atoms with E-state index in [0.29, 0.717) is 0 Å². The Morgan fingerprint density at radius 3 is 2.65 bits per heavy atom. The number of aromatic nitrogens is 2. The van der Waals surface area contributed by atoms with Gasteiger partial charge in [0.15, 0.2) is 5.82 Å². The van der Waals surface area contributed by atoms with Crippen molar-refractivity contribution in [1.82, 2.24) is 20.2 Å². The summed E-state index contributed by atoms with van der Waals surface area (Å²) in [6.45, 7) is 4.35. The topological polar surface area (TPSA) is 41.0 Å². The maximum absolute atomic E-state index is 5.92. The number of piperidine rings is 1. The van der Waals surface area contributed by atoms with Gasteiger partial charge in [0.05, 0.1) is 0 Å². The van der Waals surface area contributed by atoms with Gasteiger partial charge in [-0.2, -0.15) is 0 Å². The van der Waals surface area contributed by atoms with Crippen LogP contribution in [0.2, 0.25) is 5.02 Å². The fourth-order valence-corrected chi connectivity index (χ4v) is 3.32. The summed E-state index contributed by atoms with van der Waals surface area (Å²) in [6.07, 6.45) is 6.48. The molecule has 23 heavy (non-hydrogen) atoms. The normalized spacial score (nSPS) is 19.0. The molecule has 0 unspecified atom stereocenters. The summed E-state index contributed by atoms with van der Waals surface area (Å²) in [5, 5.41) is 4.02. The average molecular weight is 331 g/mol. The Bertz CT molecular complexity index is 610. The fourth-order valence-electron chi connectivity index (χ4n) is 3.19. The zero-order valence-electron chi connectivity index (χ0n) is 13.5. The van der Waals surface area contributed by atoms with Gasteiger partial charge in [-0.3, -0.25) is 4.90 Å². The smallest absolute Gasteiger partial charge is 0.159 e. The van der Waals surface area contributed by atoms with Crippen molar-refractivity contribution in [2.75, 3.05) is 26.7 Å². The third kappa shape index (κ3) is 4.50. The first-order valence-electron chi connectivity index (χ1n) is 8.18. The van der Waals surface area contributed by atoms with Crippen molar-refractivity contribution in [3.05, 3.63) is 47.2 Å². The number of rotatable bonds is 5. The number of hydrogen-bond donors (Lipinski definition) is 1. The molecule has 3 rings (SSSR count). The van der Waals surface area contributed by atoms with Crippen LogP contribution < -0.4 is 5.32 Å². The van der Waals surface area contributed by atoms with E-state index in [0.717, 1.165) is 42.0 Å². The molecule has 0 radical (unpaired) electrons. The molecule has 1 fully saturated rings. The zero-order valence-corrected chi connectivity index (χ0v) is 14.3. The molecule has 2 aromatic rings. The van der Waals surface area contributed by atoms with E-state index < -0.39 is 0 Å². The summed E-state index contributed by atoms with van der Waals surface area (Å²) in [4.78, 5) is 11.5. The first-order valence-corrected chi connectivity index (χ1v) is 8.56. The minimum atomic E-state index is 0.728. The highest BCUT2D eigenvalue weighted by Gasteiger charge is 2.19. The number of benzene rings is 1. The van der Waals surface area contributed by atoms with E-state index in [9.17, 15) is 0 Å². The lowest BCUT2D eigenvalue weighted by Gasteiger charge is -2.32. The van der Waals surface area contributed by atoms with Crippen molar-refractivity contribution in [2.24, 2.45) is 5.92 Å². The van der Waals surface area contributed by atoms with E-state index >= 15 is 0 Å². The van der Waals surface area contributed by atoms with Crippen molar-refractivity contribution in [3.63, 3.8) is 0 Å². The van der Waals surface area contributed by atoms with Crippen molar-refractivity contribution in [1.29, 1.82) is 0 Å². The summed E-state index contributed by atoms with van der Waals surface area (Å²) < 4.78 is 0. The van der Waals surface area contributed by atoms with Crippen LogP contribution in [0, 0.1) is 5.92 Å². The Morgan fingerprint density at radius 2 is 1.96 bits per heavy atom. The SMILES string of the molecule is CNC[C@H]1CCCN(Cc2cnc(-c3ccc(Cl)cc3)nc2)C1. The highest BCUT2D eigenvalue weighted by Crippen LogP contribution is 2.20. The molecule has 1 aliphatic heterocycles. The first-order chi connectivity index (χ1) is 11.2. The van der Waals surface area contributed by atoms with Crippen LogP contribution in [0.3, 0.4) is 0 Å². The maximum Gasteiger partial charge on any atom is 0.159 e. The van der Waals surface area contributed by atoms with Crippen molar-refractivity contribution in [3.8, 4) is 11.4 Å². The van der Waals surface area contributed by atoms with Crippen LogP contribution in [0.4, 0.5) is 0 Å². The molecule has 0 saturated carbocycles. The molecule has 0 spiro atoms. The van der Waals surface area contributed by atoms with E-state index in [4.69, 9.17) is 11.6 Å². The lowest BCUT2D eigenvalue weighted by molar-refractivity contribution is 0.166. The number of nitrogens with zero attached hydrogens (tertiary/aromatic N) is 3. The van der Waals surface area contributed by atoms with E-state index in [-0.39, 0.29) is 0 Å². The van der Waals surface area contributed by atoms with Gasteiger partial charge in [-0.25, -0.2) is 9.97 Å². The summed E-state index contributed by atoms with van der Waals surface area (Å²) in [6, 6.07) is 7.63. The second-order valence-electron chi connectivity index (χ2n) is 6.22. The third-order valence-corrected chi connectivity index (χ3v) is 4.56. The minimum absolute atomic E-state index is 0.728. The Balaban J connectivity index is 1.62. The molecule has 1 atom stereocenters. The molecule has 122 valence electrons. The molecule has 1 N–H and O–H groups in total. The summed E-state index contributed by atoms with van der Waals surface area (Å²) in [5.74, 6) is 1.50. The van der Waals surface area contributed by atoms with E-state index in [1.165, 1.54) is 24.9 Å². The van der Waals surface area contributed by atoms with Gasteiger partial charge in [-0.05, 0) is 63.2 Å². The molecule has 4 nitrogen and oxygen atoms in total. The van der Waals surface area contributed by atoms with Gasteiger partial charge >= 0.3 is 0 Å². The molecule has 0 aliphatic carbocycles. The molecular formula is C18H23ClN4. The van der Waals surface area contributed by atoms with Crippen LogP contribution in [0.1, 0.15) is 18.4 Å². The molecule has 1 aromatic carbocycles. The Labute approximate surface area is 142 Å². The van der Waals surface area contributed by atoms with Crippen LogP contribution in [0.15, 0.2) is 36.7 Å². The Hall–Kier alpha value is -1.49. The molecule has 1 aliphatic rings. The highest BCUT2D eigenvalue weighted by molar-refractivity contribution is 6.30. The predicted octanol–water partition coefficient (Wildman–Crippen LogP) is 3.23. The summed E-state index contributed by atoms with van der Waals surface area (Å²) in [5.41, 5.74) is 2.17. The molecule has 2 heterocycles. The molecule has 5 heteroatoms. The predicted molar refractivity (Wildman–Crippen MR) is 94.4 cm³/mol. The lowest BCUT2D eigenvalue weighted by atomic mass is 9.98. The van der Waals surface area contributed by atoms with Crippen molar-refractivity contribution >= 4 is 11.6 Å². The monoisotopic (exact) mass is 330 g/mol. The van der Waals surface area contributed by atoms with Gasteiger partial charge in [0.2, 0.25) is 0 Å². The number of halogens is 1. The van der Waals surface area contributed by atoms with Crippen LogP contribution in [-0.4, -0.2) is 41.5 Å². The maximum atomic E-state index is 5.92. The van der Waals surface area contributed by atoms with Crippen LogP contribution in [0.25, 0.3) is 11.4 Å². The Morgan fingerprint density at radius 1 is 1.22 bits per heavy atom. The van der Waals surface area contributed by atoms with Gasteiger partial charge in [-0.15, -0.1) is 0 Å². The minimum Gasteiger partial charge on any atom is -0.319 e. The second-order valence-corrected chi connectivity index (χ2v) is 6.66. The number of nitrogens with one attached hydrogen (secondary N) is 1. The van der Waals surface area contributed by atoms with Crippen molar-refractivity contribution < 1.29 is 0 Å². The number of hydrogen-bond acceptors (Lipinski definition) is 4. The van der Waals surface area contributed by atoms with E-state index in [1.807, 2.05) is 43.7 Å². The van der Waals surface area contributed by atoms with Gasteiger partial charge in [0, 0.05) is 41.6 Å². The zero-order chi connectivity index (χ0) is 16.1. The molecule has 0 amide bonds. The van der Waals surface area contributed by atoms with Gasteiger partial charge in [-0.1, -0.05) is 11.6 Å². The van der Waals surface area contributed by atoms with Gasteiger partial charge in [0.25, 0.3) is 0 Å². The molecular weight excluding hydrogens is 308 g/mol. The fraction of sp³-hybridized carbons (Fsp3) is 0.444. The average Bonchev–Trinajstić information content (AvgIpc) is 2.57. The molecule has 0 bridgehead atoms.